The lowest BCUT2D eigenvalue weighted by Gasteiger charge is -2.41. The predicted octanol–water partition coefficient (Wildman–Crippen LogP) is 4.86. The number of piperidine rings is 1. The van der Waals surface area contributed by atoms with E-state index in [1.54, 1.807) is 0 Å². The van der Waals surface area contributed by atoms with Gasteiger partial charge in [0.15, 0.2) is 0 Å². The van der Waals surface area contributed by atoms with Crippen molar-refractivity contribution in [3.05, 3.63) is 71.3 Å². The first kappa shape index (κ1) is 20.6. The second-order valence-corrected chi connectivity index (χ2v) is 8.70. The number of likely N-dealkylation sites (tertiary alicyclic amines) is 2. The number of nitrogens with zero attached hydrogens (tertiary/aromatic N) is 3. The molecule has 1 amide bonds. The molecule has 4 heteroatoms. The fourth-order valence-electron chi connectivity index (χ4n) is 5.06. The number of rotatable bonds is 4. The van der Waals surface area contributed by atoms with Crippen molar-refractivity contribution in [2.75, 3.05) is 19.6 Å². The summed E-state index contributed by atoms with van der Waals surface area (Å²) in [5.41, 5.74) is 2.81. The van der Waals surface area contributed by atoms with Gasteiger partial charge in [-0.05, 0) is 74.5 Å². The van der Waals surface area contributed by atoms with Crippen LogP contribution in [0.2, 0.25) is 0 Å². The molecule has 1 unspecified atom stereocenters. The number of hydrogen-bond donors (Lipinski definition) is 0. The molecular formula is C26H31N3O. The Morgan fingerprint density at radius 3 is 2.33 bits per heavy atom. The second-order valence-electron chi connectivity index (χ2n) is 8.70. The molecule has 0 radical (unpaired) electrons. The first-order chi connectivity index (χ1) is 14.7. The number of amides is 1. The van der Waals surface area contributed by atoms with Crippen LogP contribution in [0.4, 0.5) is 0 Å². The summed E-state index contributed by atoms with van der Waals surface area (Å²) in [6.07, 6.45) is 7.02. The summed E-state index contributed by atoms with van der Waals surface area (Å²) in [7, 11) is 0. The quantitative estimate of drug-likeness (QED) is 0.735. The van der Waals surface area contributed by atoms with E-state index in [0.717, 1.165) is 57.4 Å². The zero-order chi connectivity index (χ0) is 20.8. The number of hydrogen-bond acceptors (Lipinski definition) is 3. The molecule has 0 spiro atoms. The maximum atomic E-state index is 13.3. The molecule has 0 saturated carbocycles. The predicted molar refractivity (Wildman–Crippen MR) is 119 cm³/mol. The lowest BCUT2D eigenvalue weighted by molar-refractivity contribution is 0.0515. The molecule has 2 fully saturated rings. The van der Waals surface area contributed by atoms with Gasteiger partial charge in [-0.3, -0.25) is 9.69 Å². The highest BCUT2D eigenvalue weighted by Gasteiger charge is 2.34. The van der Waals surface area contributed by atoms with Gasteiger partial charge in [-0.2, -0.15) is 5.26 Å². The molecule has 0 aromatic heterocycles. The highest BCUT2D eigenvalue weighted by atomic mass is 16.2. The van der Waals surface area contributed by atoms with Crippen LogP contribution in [-0.4, -0.2) is 41.4 Å². The van der Waals surface area contributed by atoms with Crippen LogP contribution >= 0.6 is 0 Å². The molecule has 2 aliphatic heterocycles. The minimum Gasteiger partial charge on any atom is -0.335 e. The molecule has 156 valence electrons. The SMILES string of the molecule is N#Cc1ccc(CN2CCC(C3CCCCCN3C(=O)c3ccccc3)CC2)cc1. The Bertz CT molecular complexity index is 863. The van der Waals surface area contributed by atoms with Crippen molar-refractivity contribution in [2.45, 2.75) is 51.1 Å². The molecule has 30 heavy (non-hydrogen) atoms. The zero-order valence-electron chi connectivity index (χ0n) is 17.7. The number of nitriles is 1. The summed E-state index contributed by atoms with van der Waals surface area (Å²) >= 11 is 0. The van der Waals surface area contributed by atoms with Gasteiger partial charge >= 0.3 is 0 Å². The van der Waals surface area contributed by atoms with Crippen LogP contribution < -0.4 is 0 Å². The summed E-state index contributed by atoms with van der Waals surface area (Å²) in [5.74, 6) is 0.801. The Kier molecular flexibility index (Phi) is 6.81. The van der Waals surface area contributed by atoms with E-state index >= 15 is 0 Å². The third-order valence-electron chi connectivity index (χ3n) is 6.75. The summed E-state index contributed by atoms with van der Waals surface area (Å²) in [4.78, 5) is 18.0. The molecule has 0 bridgehead atoms. The van der Waals surface area contributed by atoms with Crippen LogP contribution in [0.3, 0.4) is 0 Å². The van der Waals surface area contributed by atoms with Gasteiger partial charge < -0.3 is 4.90 Å². The second kappa shape index (κ2) is 9.91. The van der Waals surface area contributed by atoms with E-state index in [9.17, 15) is 4.79 Å². The van der Waals surface area contributed by atoms with Gasteiger partial charge in [-0.1, -0.05) is 43.2 Å². The van der Waals surface area contributed by atoms with Crippen LogP contribution in [0.1, 0.15) is 60.0 Å². The van der Waals surface area contributed by atoms with Crippen molar-refractivity contribution in [2.24, 2.45) is 5.92 Å². The van der Waals surface area contributed by atoms with Crippen molar-refractivity contribution in [1.29, 1.82) is 5.26 Å². The zero-order valence-corrected chi connectivity index (χ0v) is 17.7. The molecule has 2 aromatic rings. The van der Waals surface area contributed by atoms with Crippen LogP contribution in [-0.2, 0) is 6.54 Å². The van der Waals surface area contributed by atoms with Gasteiger partial charge in [-0.25, -0.2) is 0 Å². The van der Waals surface area contributed by atoms with E-state index in [1.165, 1.54) is 18.4 Å². The van der Waals surface area contributed by atoms with Crippen LogP contribution in [0.5, 0.6) is 0 Å². The van der Waals surface area contributed by atoms with E-state index < -0.39 is 0 Å². The molecule has 0 N–H and O–H groups in total. The van der Waals surface area contributed by atoms with Crippen molar-refractivity contribution < 1.29 is 4.79 Å². The normalized spacial score (nSPS) is 21.0. The summed E-state index contributed by atoms with van der Waals surface area (Å²) in [6.45, 7) is 3.99. The molecular weight excluding hydrogens is 370 g/mol. The van der Waals surface area contributed by atoms with Gasteiger partial charge in [0.05, 0.1) is 11.6 Å². The van der Waals surface area contributed by atoms with Crippen molar-refractivity contribution in [3.8, 4) is 6.07 Å². The van der Waals surface area contributed by atoms with Crippen molar-refractivity contribution in [1.82, 2.24) is 9.80 Å². The minimum atomic E-state index is 0.211. The summed E-state index contributed by atoms with van der Waals surface area (Å²) in [6, 6.07) is 20.3. The highest BCUT2D eigenvalue weighted by Crippen LogP contribution is 2.31. The average Bonchev–Trinajstić information content (AvgIpc) is 3.06. The smallest absolute Gasteiger partial charge is 0.254 e. The van der Waals surface area contributed by atoms with Crippen molar-refractivity contribution >= 4 is 5.91 Å². The van der Waals surface area contributed by atoms with Crippen LogP contribution in [0.25, 0.3) is 0 Å². The summed E-state index contributed by atoms with van der Waals surface area (Å²) < 4.78 is 0. The van der Waals surface area contributed by atoms with Crippen LogP contribution in [0, 0.1) is 17.2 Å². The van der Waals surface area contributed by atoms with Gasteiger partial charge in [-0.15, -0.1) is 0 Å². The third kappa shape index (κ3) is 4.91. The fourth-order valence-corrected chi connectivity index (χ4v) is 5.06. The Hall–Kier alpha value is -2.64. The van der Waals surface area contributed by atoms with E-state index in [-0.39, 0.29) is 5.91 Å². The molecule has 4 nitrogen and oxygen atoms in total. The molecule has 2 saturated heterocycles. The maximum absolute atomic E-state index is 13.3. The lowest BCUT2D eigenvalue weighted by atomic mass is 9.85. The molecule has 2 heterocycles. The maximum Gasteiger partial charge on any atom is 0.254 e. The minimum absolute atomic E-state index is 0.211. The lowest BCUT2D eigenvalue weighted by Crippen LogP contribution is -2.47. The average molecular weight is 402 g/mol. The first-order valence-corrected chi connectivity index (χ1v) is 11.3. The first-order valence-electron chi connectivity index (χ1n) is 11.3. The topological polar surface area (TPSA) is 47.3 Å². The Morgan fingerprint density at radius 2 is 1.63 bits per heavy atom. The number of carbonyl (C=O) groups excluding carboxylic acids is 1. The summed E-state index contributed by atoms with van der Waals surface area (Å²) in [5, 5.41) is 8.97. The standard InChI is InChI=1S/C26H31N3O/c27-19-21-10-12-22(13-11-21)20-28-17-14-23(15-18-28)25-9-5-2-6-16-29(25)26(30)24-7-3-1-4-8-24/h1,3-4,7-8,10-13,23,25H,2,5-6,9,14-18,20H2. The van der Waals surface area contributed by atoms with Gasteiger partial charge in [0, 0.05) is 24.7 Å². The van der Waals surface area contributed by atoms with Gasteiger partial charge in [0.2, 0.25) is 0 Å². The monoisotopic (exact) mass is 401 g/mol. The van der Waals surface area contributed by atoms with E-state index in [0.29, 0.717) is 17.5 Å². The van der Waals surface area contributed by atoms with E-state index in [4.69, 9.17) is 5.26 Å². The van der Waals surface area contributed by atoms with E-state index in [2.05, 4.69) is 28.0 Å². The molecule has 0 aliphatic carbocycles. The third-order valence-corrected chi connectivity index (χ3v) is 6.75. The fraction of sp³-hybridized carbons (Fsp3) is 0.462. The molecule has 2 aliphatic rings. The Morgan fingerprint density at radius 1 is 0.900 bits per heavy atom. The molecule has 2 aromatic carbocycles. The molecule has 1 atom stereocenters. The highest BCUT2D eigenvalue weighted by molar-refractivity contribution is 5.94. The Balaban J connectivity index is 1.38. The molecule has 4 rings (SSSR count). The number of carbonyl (C=O) groups is 1. The number of benzene rings is 2. The Labute approximate surface area is 180 Å². The van der Waals surface area contributed by atoms with E-state index in [1.807, 2.05) is 42.5 Å². The van der Waals surface area contributed by atoms with Gasteiger partial charge in [0.25, 0.3) is 5.91 Å². The van der Waals surface area contributed by atoms with Gasteiger partial charge in [0.1, 0.15) is 0 Å². The van der Waals surface area contributed by atoms with Crippen molar-refractivity contribution in [3.63, 3.8) is 0 Å². The van der Waals surface area contributed by atoms with Crippen LogP contribution in [0.15, 0.2) is 54.6 Å². The largest absolute Gasteiger partial charge is 0.335 e.